The first-order valence-electron chi connectivity index (χ1n) is 7.13. The van der Waals surface area contributed by atoms with E-state index < -0.39 is 5.97 Å². The molecule has 0 aromatic heterocycles. The zero-order valence-electron chi connectivity index (χ0n) is 10.9. The van der Waals surface area contributed by atoms with E-state index in [-0.39, 0.29) is 5.92 Å². The van der Waals surface area contributed by atoms with Crippen molar-refractivity contribution in [3.8, 4) is 0 Å². The molecule has 1 aliphatic carbocycles. The van der Waals surface area contributed by atoms with Crippen molar-refractivity contribution >= 4 is 5.97 Å². The van der Waals surface area contributed by atoms with Gasteiger partial charge in [0.2, 0.25) is 0 Å². The third-order valence-corrected chi connectivity index (χ3v) is 4.62. The Morgan fingerprint density at radius 3 is 2.41 bits per heavy atom. The maximum Gasteiger partial charge on any atom is 0.306 e. The second-order valence-corrected chi connectivity index (χ2v) is 5.92. The zero-order valence-corrected chi connectivity index (χ0v) is 10.9. The summed E-state index contributed by atoms with van der Waals surface area (Å²) < 4.78 is 0. The Morgan fingerprint density at radius 1 is 1.06 bits per heavy atom. The van der Waals surface area contributed by atoms with E-state index in [1.807, 2.05) is 0 Å². The Morgan fingerprint density at radius 2 is 1.76 bits per heavy atom. The standard InChI is InChI=1S/C14H25NO2/c1-11-3-2-4-13(6-5-11)15-9-7-12(8-10-15)14(16)17/h11-13H,2-10H2,1H3,(H,16,17). The lowest BCUT2D eigenvalue weighted by molar-refractivity contribution is -0.143. The molecule has 3 nitrogen and oxygen atoms in total. The lowest BCUT2D eigenvalue weighted by atomic mass is 9.94. The van der Waals surface area contributed by atoms with Crippen molar-refractivity contribution < 1.29 is 9.90 Å². The Balaban J connectivity index is 1.81. The van der Waals surface area contributed by atoms with E-state index >= 15 is 0 Å². The summed E-state index contributed by atoms with van der Waals surface area (Å²) in [5.41, 5.74) is 0. The number of hydrogen-bond donors (Lipinski definition) is 1. The SMILES string of the molecule is CC1CCCC(N2CCC(C(=O)O)CC2)CC1. The Bertz CT molecular complexity index is 259. The number of carbonyl (C=O) groups is 1. The monoisotopic (exact) mass is 239 g/mol. The van der Waals surface area contributed by atoms with Crippen LogP contribution in [-0.2, 0) is 4.79 Å². The highest BCUT2D eigenvalue weighted by Gasteiger charge is 2.29. The number of hydrogen-bond acceptors (Lipinski definition) is 2. The number of carboxylic acids is 1. The molecule has 1 N–H and O–H groups in total. The van der Waals surface area contributed by atoms with Crippen LogP contribution in [0.3, 0.4) is 0 Å². The summed E-state index contributed by atoms with van der Waals surface area (Å²) in [4.78, 5) is 13.5. The van der Waals surface area contributed by atoms with Gasteiger partial charge in [0.05, 0.1) is 5.92 Å². The van der Waals surface area contributed by atoms with Crippen molar-refractivity contribution in [1.82, 2.24) is 4.90 Å². The van der Waals surface area contributed by atoms with Crippen LogP contribution in [0.2, 0.25) is 0 Å². The fourth-order valence-electron chi connectivity index (χ4n) is 3.34. The molecule has 0 aromatic carbocycles. The molecule has 2 fully saturated rings. The van der Waals surface area contributed by atoms with E-state index in [9.17, 15) is 4.79 Å². The van der Waals surface area contributed by atoms with Crippen molar-refractivity contribution in [3.05, 3.63) is 0 Å². The van der Waals surface area contributed by atoms with Gasteiger partial charge in [0.15, 0.2) is 0 Å². The molecule has 1 saturated carbocycles. The van der Waals surface area contributed by atoms with Crippen LogP contribution in [0.1, 0.15) is 51.9 Å². The fraction of sp³-hybridized carbons (Fsp3) is 0.929. The highest BCUT2D eigenvalue weighted by atomic mass is 16.4. The largest absolute Gasteiger partial charge is 0.481 e. The molecule has 1 aliphatic heterocycles. The molecule has 0 radical (unpaired) electrons. The summed E-state index contributed by atoms with van der Waals surface area (Å²) in [6.45, 7) is 4.35. The molecule has 98 valence electrons. The van der Waals surface area contributed by atoms with Gasteiger partial charge in [0.25, 0.3) is 0 Å². The molecular weight excluding hydrogens is 214 g/mol. The van der Waals surface area contributed by atoms with Gasteiger partial charge in [-0.15, -0.1) is 0 Å². The minimum atomic E-state index is -0.598. The molecule has 2 rings (SSSR count). The molecule has 0 amide bonds. The number of rotatable bonds is 2. The molecule has 1 heterocycles. The first-order valence-corrected chi connectivity index (χ1v) is 7.13. The predicted molar refractivity (Wildman–Crippen MR) is 68.0 cm³/mol. The van der Waals surface area contributed by atoms with E-state index in [1.54, 1.807) is 0 Å². The molecule has 0 spiro atoms. The summed E-state index contributed by atoms with van der Waals surface area (Å²) in [6.07, 6.45) is 8.42. The van der Waals surface area contributed by atoms with Gasteiger partial charge in [-0.25, -0.2) is 0 Å². The van der Waals surface area contributed by atoms with Crippen LogP contribution in [-0.4, -0.2) is 35.1 Å². The summed E-state index contributed by atoms with van der Waals surface area (Å²) in [5, 5.41) is 9.00. The second kappa shape index (κ2) is 5.85. The van der Waals surface area contributed by atoms with Crippen LogP contribution in [0.4, 0.5) is 0 Å². The van der Waals surface area contributed by atoms with Crippen molar-refractivity contribution in [2.24, 2.45) is 11.8 Å². The number of piperidine rings is 1. The average molecular weight is 239 g/mol. The van der Waals surface area contributed by atoms with Gasteiger partial charge in [-0.3, -0.25) is 4.79 Å². The molecule has 2 aliphatic rings. The van der Waals surface area contributed by atoms with Crippen molar-refractivity contribution in [2.75, 3.05) is 13.1 Å². The molecule has 1 saturated heterocycles. The predicted octanol–water partition coefficient (Wildman–Crippen LogP) is 2.75. The van der Waals surface area contributed by atoms with E-state index in [2.05, 4.69) is 11.8 Å². The highest BCUT2D eigenvalue weighted by Crippen LogP contribution is 2.28. The van der Waals surface area contributed by atoms with E-state index in [0.29, 0.717) is 0 Å². The molecule has 2 atom stereocenters. The smallest absolute Gasteiger partial charge is 0.306 e. The lowest BCUT2D eigenvalue weighted by Gasteiger charge is -2.36. The van der Waals surface area contributed by atoms with Crippen LogP contribution in [0.15, 0.2) is 0 Å². The van der Waals surface area contributed by atoms with Crippen LogP contribution < -0.4 is 0 Å². The molecule has 0 aromatic rings. The summed E-state index contributed by atoms with van der Waals surface area (Å²) in [5.74, 6) is 0.201. The maximum atomic E-state index is 10.9. The van der Waals surface area contributed by atoms with Crippen molar-refractivity contribution in [1.29, 1.82) is 0 Å². The second-order valence-electron chi connectivity index (χ2n) is 5.92. The highest BCUT2D eigenvalue weighted by molar-refractivity contribution is 5.70. The Kier molecular flexibility index (Phi) is 4.43. The quantitative estimate of drug-likeness (QED) is 0.753. The minimum absolute atomic E-state index is 0.0871. The van der Waals surface area contributed by atoms with Gasteiger partial charge in [0, 0.05) is 6.04 Å². The van der Waals surface area contributed by atoms with Gasteiger partial charge < -0.3 is 10.0 Å². The minimum Gasteiger partial charge on any atom is -0.481 e. The molecular formula is C14H25NO2. The molecule has 17 heavy (non-hydrogen) atoms. The maximum absolute atomic E-state index is 10.9. The third-order valence-electron chi connectivity index (χ3n) is 4.62. The number of nitrogens with zero attached hydrogens (tertiary/aromatic N) is 1. The molecule has 3 heteroatoms. The van der Waals surface area contributed by atoms with Crippen LogP contribution in [0, 0.1) is 11.8 Å². The topological polar surface area (TPSA) is 40.5 Å². The number of aliphatic carboxylic acids is 1. The first kappa shape index (κ1) is 12.9. The van der Waals surface area contributed by atoms with E-state index in [1.165, 1.54) is 32.1 Å². The van der Waals surface area contributed by atoms with Crippen LogP contribution in [0.25, 0.3) is 0 Å². The summed E-state index contributed by atoms with van der Waals surface area (Å²) >= 11 is 0. The number of carboxylic acid groups (broad SMARTS) is 1. The van der Waals surface area contributed by atoms with Gasteiger partial charge in [-0.05, 0) is 51.1 Å². The fourth-order valence-corrected chi connectivity index (χ4v) is 3.34. The van der Waals surface area contributed by atoms with E-state index in [4.69, 9.17) is 5.11 Å². The first-order chi connectivity index (χ1) is 8.16. The average Bonchev–Trinajstić information content (AvgIpc) is 2.54. The van der Waals surface area contributed by atoms with Crippen molar-refractivity contribution in [2.45, 2.75) is 57.9 Å². The lowest BCUT2D eigenvalue weighted by Crippen LogP contribution is -2.42. The van der Waals surface area contributed by atoms with Gasteiger partial charge in [-0.1, -0.05) is 19.8 Å². The number of likely N-dealkylation sites (tertiary alicyclic amines) is 1. The van der Waals surface area contributed by atoms with Gasteiger partial charge in [0.1, 0.15) is 0 Å². The summed E-state index contributed by atoms with van der Waals surface area (Å²) in [6, 6.07) is 0.731. The Hall–Kier alpha value is -0.570. The Labute approximate surface area is 104 Å². The van der Waals surface area contributed by atoms with Crippen molar-refractivity contribution in [3.63, 3.8) is 0 Å². The van der Waals surface area contributed by atoms with E-state index in [0.717, 1.165) is 37.9 Å². The zero-order chi connectivity index (χ0) is 12.3. The van der Waals surface area contributed by atoms with Crippen LogP contribution in [0.5, 0.6) is 0 Å². The van der Waals surface area contributed by atoms with Gasteiger partial charge >= 0.3 is 5.97 Å². The summed E-state index contributed by atoms with van der Waals surface area (Å²) in [7, 11) is 0. The molecule has 2 unspecified atom stereocenters. The normalized spacial score (nSPS) is 33.2. The van der Waals surface area contributed by atoms with Crippen LogP contribution >= 0.6 is 0 Å². The molecule has 0 bridgehead atoms. The van der Waals surface area contributed by atoms with Gasteiger partial charge in [-0.2, -0.15) is 0 Å². The third kappa shape index (κ3) is 3.44.